The van der Waals surface area contributed by atoms with Crippen molar-refractivity contribution < 1.29 is 14.3 Å². The summed E-state index contributed by atoms with van der Waals surface area (Å²) in [6.45, 7) is 3.36. The van der Waals surface area contributed by atoms with Gasteiger partial charge in [-0.1, -0.05) is 45.8 Å². The number of carbonyl (C=O) groups is 1. The van der Waals surface area contributed by atoms with E-state index in [2.05, 4.69) is 52.4 Å². The highest BCUT2D eigenvalue weighted by atomic mass is 79.9. The van der Waals surface area contributed by atoms with Crippen LogP contribution in [0.4, 0.5) is 5.69 Å². The number of nitrogens with zero attached hydrogens (tertiary/aromatic N) is 1. The van der Waals surface area contributed by atoms with Gasteiger partial charge in [0.2, 0.25) is 0 Å². The Kier molecular flexibility index (Phi) is 5.81. The van der Waals surface area contributed by atoms with E-state index in [0.717, 1.165) is 23.9 Å². The molecule has 0 bridgehead atoms. The van der Waals surface area contributed by atoms with Crippen molar-refractivity contribution in [3.05, 3.63) is 59.3 Å². The van der Waals surface area contributed by atoms with Crippen molar-refractivity contribution in [1.29, 1.82) is 0 Å². The second-order valence-corrected chi connectivity index (χ2v) is 8.20. The number of hydrogen-bond acceptors (Lipinski definition) is 4. The number of anilines is 1. The summed E-state index contributed by atoms with van der Waals surface area (Å²) in [5, 5.41) is 4.33. The maximum atomic E-state index is 13.3. The molecule has 2 aliphatic rings. The molecule has 0 saturated carbocycles. The summed E-state index contributed by atoms with van der Waals surface area (Å²) in [5.41, 5.74) is 5.00. The highest BCUT2D eigenvalue weighted by Gasteiger charge is 2.34. The Hall–Kier alpha value is -2.47. The molecule has 1 unspecified atom stereocenters. The largest absolute Gasteiger partial charge is 0.493 e. The standard InChI is InChI=1S/C23H25BrN2O3/c1-15-4-6-16(7-5-15)17-10-18-13-25-20-12-22(29-9-3-8-24)21(28-2)11-19(20)23(27)26(18)14-17/h4-7,11-12,14,18,25H,3,8-10,13H2,1-2H3. The van der Waals surface area contributed by atoms with Gasteiger partial charge in [-0.25, -0.2) is 0 Å². The fraction of sp³-hybridized carbons (Fsp3) is 0.348. The van der Waals surface area contributed by atoms with Crippen molar-refractivity contribution >= 4 is 33.1 Å². The molecule has 0 aromatic heterocycles. The Morgan fingerprint density at radius 2 is 2.00 bits per heavy atom. The minimum Gasteiger partial charge on any atom is -0.493 e. The van der Waals surface area contributed by atoms with E-state index < -0.39 is 0 Å². The van der Waals surface area contributed by atoms with Crippen LogP contribution in [0.3, 0.4) is 0 Å². The number of carbonyl (C=O) groups excluding carboxylic acids is 1. The molecule has 0 spiro atoms. The summed E-state index contributed by atoms with van der Waals surface area (Å²) in [7, 11) is 1.60. The molecule has 4 rings (SSSR count). The lowest BCUT2D eigenvalue weighted by Gasteiger charge is -2.20. The number of halogens is 1. The van der Waals surface area contributed by atoms with Gasteiger partial charge in [0.05, 0.1) is 31.0 Å². The Labute approximate surface area is 179 Å². The molecule has 6 heteroatoms. The van der Waals surface area contributed by atoms with Gasteiger partial charge in [0.25, 0.3) is 5.91 Å². The van der Waals surface area contributed by atoms with Crippen molar-refractivity contribution in [2.45, 2.75) is 25.8 Å². The first-order chi connectivity index (χ1) is 14.1. The molecule has 2 aliphatic heterocycles. The number of nitrogens with one attached hydrogen (secondary N) is 1. The third kappa shape index (κ3) is 3.99. The predicted molar refractivity (Wildman–Crippen MR) is 119 cm³/mol. The minimum atomic E-state index is -0.0116. The molecule has 152 valence electrons. The first-order valence-electron chi connectivity index (χ1n) is 9.85. The number of alkyl halides is 1. The fourth-order valence-electron chi connectivity index (χ4n) is 3.79. The average molecular weight is 457 g/mol. The van der Waals surface area contributed by atoms with Crippen LogP contribution in [0.15, 0.2) is 42.6 Å². The monoisotopic (exact) mass is 456 g/mol. The van der Waals surface area contributed by atoms with E-state index in [0.29, 0.717) is 30.2 Å². The molecule has 0 aliphatic carbocycles. The Morgan fingerprint density at radius 1 is 1.21 bits per heavy atom. The molecule has 1 atom stereocenters. The van der Waals surface area contributed by atoms with Crippen LogP contribution in [0.25, 0.3) is 5.57 Å². The van der Waals surface area contributed by atoms with Crippen LogP contribution in [0, 0.1) is 6.92 Å². The van der Waals surface area contributed by atoms with Crippen molar-refractivity contribution in [3.8, 4) is 11.5 Å². The molecule has 0 radical (unpaired) electrons. The molecule has 5 nitrogen and oxygen atoms in total. The zero-order valence-electron chi connectivity index (χ0n) is 16.7. The number of aryl methyl sites for hydroxylation is 1. The van der Waals surface area contributed by atoms with Gasteiger partial charge in [-0.15, -0.1) is 0 Å². The van der Waals surface area contributed by atoms with E-state index >= 15 is 0 Å². The SMILES string of the molecule is COc1cc2c(cc1OCCCBr)NCC1CC(c3ccc(C)cc3)=CN1C2=O. The zero-order valence-corrected chi connectivity index (χ0v) is 18.3. The van der Waals surface area contributed by atoms with Crippen LogP contribution in [0.5, 0.6) is 11.5 Å². The number of ether oxygens (including phenoxy) is 2. The highest BCUT2D eigenvalue weighted by Crippen LogP contribution is 2.39. The van der Waals surface area contributed by atoms with E-state index in [4.69, 9.17) is 9.47 Å². The summed E-state index contributed by atoms with van der Waals surface area (Å²) in [6, 6.07) is 12.2. The lowest BCUT2D eigenvalue weighted by molar-refractivity contribution is 0.0796. The molecular formula is C23H25BrN2O3. The number of fused-ring (bicyclic) bond motifs is 2. The number of benzene rings is 2. The normalized spacial score (nSPS) is 17.8. The molecule has 1 N–H and O–H groups in total. The van der Waals surface area contributed by atoms with Crippen LogP contribution < -0.4 is 14.8 Å². The summed E-state index contributed by atoms with van der Waals surface area (Å²) in [5.74, 6) is 1.22. The van der Waals surface area contributed by atoms with Gasteiger partial charge in [0.15, 0.2) is 11.5 Å². The average Bonchev–Trinajstić information content (AvgIpc) is 3.11. The molecular weight excluding hydrogens is 432 g/mol. The predicted octanol–water partition coefficient (Wildman–Crippen LogP) is 4.85. The number of amides is 1. The summed E-state index contributed by atoms with van der Waals surface area (Å²) in [6.07, 6.45) is 3.73. The number of methoxy groups -OCH3 is 1. The summed E-state index contributed by atoms with van der Waals surface area (Å²) < 4.78 is 11.4. The van der Waals surface area contributed by atoms with E-state index in [9.17, 15) is 4.79 Å². The smallest absolute Gasteiger partial charge is 0.260 e. The van der Waals surface area contributed by atoms with E-state index in [1.54, 1.807) is 13.2 Å². The molecule has 2 aromatic carbocycles. The van der Waals surface area contributed by atoms with Gasteiger partial charge in [-0.2, -0.15) is 0 Å². The van der Waals surface area contributed by atoms with Crippen LogP contribution >= 0.6 is 15.9 Å². The van der Waals surface area contributed by atoms with Gasteiger partial charge in [-0.05, 0) is 37.0 Å². The van der Waals surface area contributed by atoms with Crippen LogP contribution in [0.1, 0.15) is 34.3 Å². The topological polar surface area (TPSA) is 50.8 Å². The van der Waals surface area contributed by atoms with Crippen LogP contribution in [-0.2, 0) is 0 Å². The molecule has 0 fully saturated rings. The zero-order chi connectivity index (χ0) is 20.4. The van der Waals surface area contributed by atoms with E-state index in [1.807, 2.05) is 17.2 Å². The second kappa shape index (κ2) is 8.49. The Balaban J connectivity index is 1.63. The first kappa shape index (κ1) is 19.8. The minimum absolute atomic E-state index is 0.0116. The van der Waals surface area contributed by atoms with Crippen molar-refractivity contribution in [1.82, 2.24) is 4.90 Å². The fourth-order valence-corrected chi connectivity index (χ4v) is 4.02. The third-order valence-corrected chi connectivity index (χ3v) is 5.96. The summed E-state index contributed by atoms with van der Waals surface area (Å²) >= 11 is 3.41. The molecule has 29 heavy (non-hydrogen) atoms. The lowest BCUT2D eigenvalue weighted by Crippen LogP contribution is -2.34. The summed E-state index contributed by atoms with van der Waals surface area (Å²) in [4.78, 5) is 15.2. The van der Waals surface area contributed by atoms with Gasteiger partial charge >= 0.3 is 0 Å². The number of hydrogen-bond donors (Lipinski definition) is 1. The van der Waals surface area contributed by atoms with E-state index in [-0.39, 0.29) is 11.9 Å². The molecule has 1 amide bonds. The van der Waals surface area contributed by atoms with Crippen molar-refractivity contribution in [2.24, 2.45) is 0 Å². The van der Waals surface area contributed by atoms with E-state index in [1.165, 1.54) is 16.7 Å². The second-order valence-electron chi connectivity index (χ2n) is 7.41. The maximum absolute atomic E-state index is 13.3. The van der Waals surface area contributed by atoms with Crippen LogP contribution in [0.2, 0.25) is 0 Å². The molecule has 0 saturated heterocycles. The quantitative estimate of drug-likeness (QED) is 0.498. The maximum Gasteiger partial charge on any atom is 0.260 e. The Morgan fingerprint density at radius 3 is 2.72 bits per heavy atom. The van der Waals surface area contributed by atoms with Gasteiger partial charge in [0.1, 0.15) is 0 Å². The van der Waals surface area contributed by atoms with Gasteiger partial charge in [0, 0.05) is 24.1 Å². The van der Waals surface area contributed by atoms with Gasteiger partial charge < -0.3 is 19.7 Å². The lowest BCUT2D eigenvalue weighted by atomic mass is 10.0. The van der Waals surface area contributed by atoms with Crippen LogP contribution in [-0.4, -0.2) is 42.4 Å². The third-order valence-electron chi connectivity index (χ3n) is 5.40. The van der Waals surface area contributed by atoms with Gasteiger partial charge in [-0.3, -0.25) is 4.79 Å². The highest BCUT2D eigenvalue weighted by molar-refractivity contribution is 9.09. The first-order valence-corrected chi connectivity index (χ1v) is 11.0. The molecule has 2 aromatic rings. The van der Waals surface area contributed by atoms with Crippen molar-refractivity contribution in [2.75, 3.05) is 30.9 Å². The Bertz CT molecular complexity index is 940. The number of rotatable bonds is 6. The molecule has 2 heterocycles. The van der Waals surface area contributed by atoms with Crippen molar-refractivity contribution in [3.63, 3.8) is 0 Å².